The molecule has 0 aliphatic rings. The van der Waals surface area contributed by atoms with Crippen LogP contribution in [0.4, 0.5) is 11.4 Å². The first-order valence-electron chi connectivity index (χ1n) is 6.93. The molecule has 0 amide bonds. The van der Waals surface area contributed by atoms with Gasteiger partial charge in [0.2, 0.25) is 0 Å². The number of hydrogen-bond donors (Lipinski definition) is 3. The number of hydrogen-bond acceptors (Lipinski definition) is 3. The van der Waals surface area contributed by atoms with Crippen molar-refractivity contribution in [1.82, 2.24) is 0 Å². The van der Waals surface area contributed by atoms with Crippen molar-refractivity contribution in [2.75, 3.05) is 11.1 Å². The third kappa shape index (κ3) is 3.75. The largest absolute Gasteiger partial charge is 0.478 e. The van der Waals surface area contributed by atoms with Crippen molar-refractivity contribution in [3.8, 4) is 0 Å². The Bertz CT molecular complexity index is 634. The van der Waals surface area contributed by atoms with Crippen LogP contribution in [0.25, 0.3) is 0 Å². The standard InChI is InChI=1S/C17H20N2O2/c1-11(2)13-5-3-12(4-6-13)10-19-16-8-7-14(18)9-15(16)17(20)21/h3-9,11,19H,10,18H2,1-2H3,(H,20,21). The lowest BCUT2D eigenvalue weighted by Gasteiger charge is -2.11. The monoisotopic (exact) mass is 284 g/mol. The topological polar surface area (TPSA) is 75.3 Å². The average molecular weight is 284 g/mol. The Morgan fingerprint density at radius 3 is 2.43 bits per heavy atom. The highest BCUT2D eigenvalue weighted by Crippen LogP contribution is 2.20. The van der Waals surface area contributed by atoms with Gasteiger partial charge in [-0.15, -0.1) is 0 Å². The fourth-order valence-electron chi connectivity index (χ4n) is 2.11. The Labute approximate surface area is 124 Å². The van der Waals surface area contributed by atoms with Crippen LogP contribution in [0.1, 0.15) is 41.3 Å². The predicted octanol–water partition coefficient (Wildman–Crippen LogP) is 3.70. The maximum absolute atomic E-state index is 11.2. The molecule has 0 heterocycles. The van der Waals surface area contributed by atoms with Crippen molar-refractivity contribution in [2.45, 2.75) is 26.3 Å². The minimum absolute atomic E-state index is 0.189. The van der Waals surface area contributed by atoms with Crippen LogP contribution in [0.3, 0.4) is 0 Å². The van der Waals surface area contributed by atoms with Crippen molar-refractivity contribution in [3.63, 3.8) is 0 Å². The number of benzene rings is 2. The molecule has 4 heteroatoms. The number of rotatable bonds is 5. The van der Waals surface area contributed by atoms with E-state index in [0.717, 1.165) is 5.56 Å². The molecule has 0 radical (unpaired) electrons. The summed E-state index contributed by atoms with van der Waals surface area (Å²) in [6.45, 7) is 4.88. The van der Waals surface area contributed by atoms with E-state index >= 15 is 0 Å². The number of nitrogen functional groups attached to an aromatic ring is 1. The lowest BCUT2D eigenvalue weighted by Crippen LogP contribution is -2.07. The highest BCUT2D eigenvalue weighted by atomic mass is 16.4. The Balaban J connectivity index is 2.11. The van der Waals surface area contributed by atoms with Crippen molar-refractivity contribution < 1.29 is 9.90 Å². The van der Waals surface area contributed by atoms with E-state index in [0.29, 0.717) is 23.8 Å². The normalized spacial score (nSPS) is 10.6. The van der Waals surface area contributed by atoms with Crippen LogP contribution in [0, 0.1) is 0 Å². The quantitative estimate of drug-likeness (QED) is 0.732. The molecule has 0 aliphatic heterocycles. The van der Waals surface area contributed by atoms with E-state index in [1.807, 2.05) is 0 Å². The Hall–Kier alpha value is -2.49. The summed E-state index contributed by atoms with van der Waals surface area (Å²) < 4.78 is 0. The smallest absolute Gasteiger partial charge is 0.337 e. The molecule has 0 saturated carbocycles. The van der Waals surface area contributed by atoms with E-state index in [-0.39, 0.29) is 5.56 Å². The molecule has 0 saturated heterocycles. The van der Waals surface area contributed by atoms with Crippen LogP contribution in [0.2, 0.25) is 0 Å². The number of nitrogens with one attached hydrogen (secondary N) is 1. The zero-order valence-corrected chi connectivity index (χ0v) is 12.3. The number of carboxylic acids is 1. The van der Waals surface area contributed by atoms with Gasteiger partial charge >= 0.3 is 5.97 Å². The van der Waals surface area contributed by atoms with E-state index in [4.69, 9.17) is 5.73 Å². The molecule has 0 atom stereocenters. The van der Waals surface area contributed by atoms with Crippen LogP contribution in [0.15, 0.2) is 42.5 Å². The van der Waals surface area contributed by atoms with Crippen LogP contribution < -0.4 is 11.1 Å². The highest BCUT2D eigenvalue weighted by Gasteiger charge is 2.10. The fourth-order valence-corrected chi connectivity index (χ4v) is 2.11. The zero-order chi connectivity index (χ0) is 15.4. The summed E-state index contributed by atoms with van der Waals surface area (Å²) in [6, 6.07) is 13.2. The van der Waals surface area contributed by atoms with Crippen LogP contribution in [-0.2, 0) is 6.54 Å². The molecule has 4 N–H and O–H groups in total. The molecular weight excluding hydrogens is 264 g/mol. The van der Waals surface area contributed by atoms with Crippen LogP contribution in [-0.4, -0.2) is 11.1 Å². The third-order valence-corrected chi connectivity index (χ3v) is 3.40. The van der Waals surface area contributed by atoms with Crippen molar-refractivity contribution in [1.29, 1.82) is 0 Å². The molecule has 0 spiro atoms. The minimum atomic E-state index is -0.986. The van der Waals surface area contributed by atoms with Crippen LogP contribution >= 0.6 is 0 Å². The number of anilines is 2. The van der Waals surface area contributed by atoms with E-state index < -0.39 is 5.97 Å². The molecule has 0 unspecified atom stereocenters. The van der Waals surface area contributed by atoms with Crippen molar-refractivity contribution >= 4 is 17.3 Å². The Morgan fingerprint density at radius 1 is 1.19 bits per heavy atom. The Kier molecular flexibility index (Phi) is 4.48. The summed E-state index contributed by atoms with van der Waals surface area (Å²) in [4.78, 5) is 11.2. The molecule has 4 nitrogen and oxygen atoms in total. The predicted molar refractivity (Wildman–Crippen MR) is 85.7 cm³/mol. The van der Waals surface area contributed by atoms with Crippen molar-refractivity contribution in [2.24, 2.45) is 0 Å². The summed E-state index contributed by atoms with van der Waals surface area (Å²) in [5.41, 5.74) is 9.23. The maximum Gasteiger partial charge on any atom is 0.337 e. The van der Waals surface area contributed by atoms with E-state index in [1.54, 1.807) is 12.1 Å². The summed E-state index contributed by atoms with van der Waals surface area (Å²) in [7, 11) is 0. The van der Waals surface area contributed by atoms with Gasteiger partial charge in [-0.25, -0.2) is 4.79 Å². The minimum Gasteiger partial charge on any atom is -0.478 e. The first-order chi connectivity index (χ1) is 9.97. The first kappa shape index (κ1) is 14.9. The molecule has 21 heavy (non-hydrogen) atoms. The lowest BCUT2D eigenvalue weighted by atomic mass is 10.0. The van der Waals surface area contributed by atoms with Gasteiger partial charge in [0.25, 0.3) is 0 Å². The second-order valence-electron chi connectivity index (χ2n) is 5.36. The van der Waals surface area contributed by atoms with Gasteiger partial charge in [0.1, 0.15) is 0 Å². The van der Waals surface area contributed by atoms with Gasteiger partial charge < -0.3 is 16.2 Å². The van der Waals surface area contributed by atoms with Gasteiger partial charge in [-0.1, -0.05) is 38.1 Å². The van der Waals surface area contributed by atoms with Gasteiger partial charge in [0.05, 0.1) is 5.56 Å². The second-order valence-corrected chi connectivity index (χ2v) is 5.36. The average Bonchev–Trinajstić information content (AvgIpc) is 2.46. The van der Waals surface area contributed by atoms with Gasteiger partial charge in [-0.05, 0) is 35.2 Å². The zero-order valence-electron chi connectivity index (χ0n) is 12.3. The van der Waals surface area contributed by atoms with E-state index in [9.17, 15) is 9.90 Å². The first-order valence-corrected chi connectivity index (χ1v) is 6.93. The molecule has 110 valence electrons. The van der Waals surface area contributed by atoms with Gasteiger partial charge in [-0.3, -0.25) is 0 Å². The maximum atomic E-state index is 11.2. The number of carboxylic acid groups (broad SMARTS) is 1. The summed E-state index contributed by atoms with van der Waals surface area (Å²) >= 11 is 0. The Morgan fingerprint density at radius 2 is 1.86 bits per heavy atom. The molecule has 2 aromatic rings. The summed E-state index contributed by atoms with van der Waals surface area (Å²) in [6.07, 6.45) is 0. The molecule has 0 bridgehead atoms. The van der Waals surface area contributed by atoms with E-state index in [1.165, 1.54) is 11.6 Å². The molecule has 0 fully saturated rings. The molecular formula is C17H20N2O2. The second kappa shape index (κ2) is 6.31. The van der Waals surface area contributed by atoms with Gasteiger partial charge in [-0.2, -0.15) is 0 Å². The van der Waals surface area contributed by atoms with E-state index in [2.05, 4.69) is 43.4 Å². The summed E-state index contributed by atoms with van der Waals surface area (Å²) in [5, 5.41) is 12.3. The number of carbonyl (C=O) groups is 1. The number of nitrogens with two attached hydrogens (primary N) is 1. The van der Waals surface area contributed by atoms with Gasteiger partial charge in [0.15, 0.2) is 0 Å². The lowest BCUT2D eigenvalue weighted by molar-refractivity contribution is 0.0698. The van der Waals surface area contributed by atoms with Crippen LogP contribution in [0.5, 0.6) is 0 Å². The molecule has 0 aliphatic carbocycles. The van der Waals surface area contributed by atoms with Crippen molar-refractivity contribution in [3.05, 3.63) is 59.2 Å². The fraction of sp³-hybridized carbons (Fsp3) is 0.235. The third-order valence-electron chi connectivity index (χ3n) is 3.40. The molecule has 2 rings (SSSR count). The molecule has 0 aromatic heterocycles. The molecule has 2 aromatic carbocycles. The summed E-state index contributed by atoms with van der Waals surface area (Å²) in [5.74, 6) is -0.484. The number of aromatic carboxylic acids is 1. The SMILES string of the molecule is CC(C)c1ccc(CNc2ccc(N)cc2C(=O)O)cc1. The van der Waals surface area contributed by atoms with Gasteiger partial charge in [0, 0.05) is 17.9 Å². The highest BCUT2D eigenvalue weighted by molar-refractivity contribution is 5.95.